The van der Waals surface area contributed by atoms with Gasteiger partial charge in [0.15, 0.2) is 5.82 Å². The maximum Gasteiger partial charge on any atom is 0.162 e. The average Bonchev–Trinajstić information content (AvgIpc) is 2.69. The van der Waals surface area contributed by atoms with Gasteiger partial charge in [-0.3, -0.25) is 0 Å². The summed E-state index contributed by atoms with van der Waals surface area (Å²) in [6.07, 6.45) is 0. The van der Waals surface area contributed by atoms with Gasteiger partial charge in [0.1, 0.15) is 5.82 Å². The largest absolute Gasteiger partial charge is 0.383 e. The minimum atomic E-state index is 0.485. The summed E-state index contributed by atoms with van der Waals surface area (Å²) in [5.74, 6) is 1.12. The van der Waals surface area contributed by atoms with Crippen molar-refractivity contribution in [1.29, 1.82) is 0 Å². The molecule has 25 heavy (non-hydrogen) atoms. The highest BCUT2D eigenvalue weighted by atomic mass is 15.0. The number of hydrogen-bond acceptors (Lipinski definition) is 3. The molecule has 4 rings (SSSR count). The number of anilines is 1. The first-order valence-corrected chi connectivity index (χ1v) is 8.17. The van der Waals surface area contributed by atoms with Crippen LogP contribution < -0.4 is 5.73 Å². The number of benzene rings is 3. The Morgan fingerprint density at radius 3 is 1.56 bits per heavy atom. The van der Waals surface area contributed by atoms with Crippen LogP contribution >= 0.6 is 0 Å². The summed E-state index contributed by atoms with van der Waals surface area (Å²) in [6.45, 7) is 0. The van der Waals surface area contributed by atoms with Crippen molar-refractivity contribution in [2.24, 2.45) is 0 Å². The van der Waals surface area contributed by atoms with E-state index < -0.39 is 0 Å². The molecule has 0 aliphatic rings. The van der Waals surface area contributed by atoms with Gasteiger partial charge in [-0.15, -0.1) is 0 Å². The average molecular weight is 323 g/mol. The smallest absolute Gasteiger partial charge is 0.162 e. The Labute approximate surface area is 146 Å². The zero-order valence-electron chi connectivity index (χ0n) is 13.6. The van der Waals surface area contributed by atoms with Crippen LogP contribution in [0.2, 0.25) is 0 Å². The molecule has 0 amide bonds. The van der Waals surface area contributed by atoms with Crippen LogP contribution in [0.5, 0.6) is 0 Å². The molecule has 3 nitrogen and oxygen atoms in total. The van der Waals surface area contributed by atoms with Gasteiger partial charge in [0, 0.05) is 11.1 Å². The fraction of sp³-hybridized carbons (Fsp3) is 0. The zero-order valence-corrected chi connectivity index (χ0v) is 13.6. The number of rotatable bonds is 3. The number of nitrogen functional groups attached to an aromatic ring is 1. The molecule has 0 radical (unpaired) electrons. The molecule has 1 aromatic heterocycles. The van der Waals surface area contributed by atoms with Crippen molar-refractivity contribution >= 4 is 5.82 Å². The van der Waals surface area contributed by atoms with E-state index in [9.17, 15) is 0 Å². The van der Waals surface area contributed by atoms with E-state index in [1.54, 1.807) is 0 Å². The van der Waals surface area contributed by atoms with Crippen molar-refractivity contribution in [2.45, 2.75) is 0 Å². The third-order valence-corrected chi connectivity index (χ3v) is 4.08. The van der Waals surface area contributed by atoms with Crippen LogP contribution in [-0.2, 0) is 0 Å². The van der Waals surface area contributed by atoms with Gasteiger partial charge in [0.05, 0.1) is 11.3 Å². The molecule has 0 bridgehead atoms. The van der Waals surface area contributed by atoms with Crippen LogP contribution in [0.4, 0.5) is 5.82 Å². The number of nitrogens with zero attached hydrogens (tertiary/aromatic N) is 2. The van der Waals surface area contributed by atoms with Crippen molar-refractivity contribution in [1.82, 2.24) is 9.97 Å². The Bertz CT molecular complexity index is 982. The molecule has 120 valence electrons. The number of aromatic nitrogens is 2. The summed E-state index contributed by atoms with van der Waals surface area (Å²) < 4.78 is 0. The van der Waals surface area contributed by atoms with Gasteiger partial charge in [-0.25, -0.2) is 9.97 Å². The number of nitrogens with two attached hydrogens (primary N) is 1. The minimum absolute atomic E-state index is 0.485. The second kappa shape index (κ2) is 6.57. The summed E-state index contributed by atoms with van der Waals surface area (Å²) in [4.78, 5) is 9.43. The second-order valence-corrected chi connectivity index (χ2v) is 5.75. The van der Waals surface area contributed by atoms with Gasteiger partial charge in [-0.1, -0.05) is 91.0 Å². The molecule has 1 heterocycles. The maximum absolute atomic E-state index is 6.38. The zero-order chi connectivity index (χ0) is 17.1. The standard InChI is InChI=1S/C22H17N3/c23-21-19(16-10-4-1-5-11-16)20(17-12-6-2-7-13-17)24-22(25-21)18-14-8-3-9-15-18/h1-15H,(H2,23,24,25). The lowest BCUT2D eigenvalue weighted by Gasteiger charge is -2.14. The summed E-state index contributed by atoms with van der Waals surface area (Å²) in [5.41, 5.74) is 11.1. The molecule has 2 N–H and O–H groups in total. The van der Waals surface area contributed by atoms with Crippen LogP contribution in [0, 0.1) is 0 Å². The van der Waals surface area contributed by atoms with Crippen LogP contribution in [0.3, 0.4) is 0 Å². The molecule has 0 saturated heterocycles. The Balaban J connectivity index is 1.99. The fourth-order valence-corrected chi connectivity index (χ4v) is 2.89. The van der Waals surface area contributed by atoms with Gasteiger partial charge in [-0.05, 0) is 5.56 Å². The minimum Gasteiger partial charge on any atom is -0.383 e. The van der Waals surface area contributed by atoms with Crippen molar-refractivity contribution in [3.63, 3.8) is 0 Å². The molecule has 0 fully saturated rings. The van der Waals surface area contributed by atoms with E-state index in [0.717, 1.165) is 27.9 Å². The van der Waals surface area contributed by atoms with Crippen LogP contribution in [0.1, 0.15) is 0 Å². The summed E-state index contributed by atoms with van der Waals surface area (Å²) in [6, 6.07) is 30.0. The Hall–Kier alpha value is -3.46. The molecule has 0 aliphatic heterocycles. The fourth-order valence-electron chi connectivity index (χ4n) is 2.89. The maximum atomic E-state index is 6.38. The van der Waals surface area contributed by atoms with Gasteiger partial charge >= 0.3 is 0 Å². The lowest BCUT2D eigenvalue weighted by atomic mass is 9.99. The van der Waals surface area contributed by atoms with E-state index in [1.807, 2.05) is 91.0 Å². The van der Waals surface area contributed by atoms with E-state index in [0.29, 0.717) is 11.6 Å². The van der Waals surface area contributed by atoms with Crippen LogP contribution in [-0.4, -0.2) is 9.97 Å². The van der Waals surface area contributed by atoms with Crippen LogP contribution in [0.25, 0.3) is 33.8 Å². The third-order valence-electron chi connectivity index (χ3n) is 4.08. The van der Waals surface area contributed by atoms with Gasteiger partial charge in [0.25, 0.3) is 0 Å². The molecule has 4 aromatic rings. The van der Waals surface area contributed by atoms with E-state index in [2.05, 4.69) is 4.98 Å². The predicted molar refractivity (Wildman–Crippen MR) is 103 cm³/mol. The molecular weight excluding hydrogens is 306 g/mol. The van der Waals surface area contributed by atoms with Gasteiger partial charge in [-0.2, -0.15) is 0 Å². The molecule has 0 aliphatic carbocycles. The summed E-state index contributed by atoms with van der Waals surface area (Å²) in [7, 11) is 0. The molecule has 0 spiro atoms. The molecule has 0 atom stereocenters. The number of hydrogen-bond donors (Lipinski definition) is 1. The lowest BCUT2D eigenvalue weighted by molar-refractivity contribution is 1.19. The van der Waals surface area contributed by atoms with E-state index in [-0.39, 0.29) is 0 Å². The summed E-state index contributed by atoms with van der Waals surface area (Å²) in [5, 5.41) is 0. The molecular formula is C22H17N3. The second-order valence-electron chi connectivity index (χ2n) is 5.75. The topological polar surface area (TPSA) is 51.8 Å². The first-order chi connectivity index (χ1) is 12.3. The van der Waals surface area contributed by atoms with Gasteiger partial charge in [0.2, 0.25) is 0 Å². The monoisotopic (exact) mass is 323 g/mol. The van der Waals surface area contributed by atoms with Crippen molar-refractivity contribution in [2.75, 3.05) is 5.73 Å². The SMILES string of the molecule is Nc1nc(-c2ccccc2)nc(-c2ccccc2)c1-c1ccccc1. The summed E-state index contributed by atoms with van der Waals surface area (Å²) >= 11 is 0. The molecule has 3 aromatic carbocycles. The van der Waals surface area contributed by atoms with Crippen molar-refractivity contribution in [3.8, 4) is 33.8 Å². The quantitative estimate of drug-likeness (QED) is 0.573. The van der Waals surface area contributed by atoms with E-state index >= 15 is 0 Å². The highest BCUT2D eigenvalue weighted by Gasteiger charge is 2.16. The first kappa shape index (κ1) is 15.1. The predicted octanol–water partition coefficient (Wildman–Crippen LogP) is 5.06. The van der Waals surface area contributed by atoms with Crippen molar-refractivity contribution in [3.05, 3.63) is 91.0 Å². The normalized spacial score (nSPS) is 10.6. The van der Waals surface area contributed by atoms with E-state index in [1.165, 1.54) is 0 Å². The van der Waals surface area contributed by atoms with Gasteiger partial charge < -0.3 is 5.73 Å². The Morgan fingerprint density at radius 2 is 1.00 bits per heavy atom. The highest BCUT2D eigenvalue weighted by molar-refractivity contribution is 5.88. The van der Waals surface area contributed by atoms with E-state index in [4.69, 9.17) is 10.7 Å². The van der Waals surface area contributed by atoms with Crippen molar-refractivity contribution < 1.29 is 0 Å². The molecule has 0 unspecified atom stereocenters. The molecule has 0 saturated carbocycles. The molecule has 3 heteroatoms. The highest BCUT2D eigenvalue weighted by Crippen LogP contribution is 2.35. The Kier molecular flexibility index (Phi) is 3.97. The van der Waals surface area contributed by atoms with Crippen LogP contribution in [0.15, 0.2) is 91.0 Å². The Morgan fingerprint density at radius 1 is 0.520 bits per heavy atom. The first-order valence-electron chi connectivity index (χ1n) is 8.17. The third kappa shape index (κ3) is 3.00. The lowest BCUT2D eigenvalue weighted by Crippen LogP contribution is -2.02.